The van der Waals surface area contributed by atoms with Crippen molar-refractivity contribution in [1.82, 2.24) is 0 Å². The van der Waals surface area contributed by atoms with Crippen LogP contribution in [0.15, 0.2) is 24.3 Å². The Hall–Kier alpha value is -1.22. The third-order valence-electron chi connectivity index (χ3n) is 2.01. The Balaban J connectivity index is 3.18. The molecule has 0 bridgehead atoms. The number of primary sulfonamides is 1. The Labute approximate surface area is 99.5 Å². The number of benzene rings is 1. The second-order valence-electron chi connectivity index (χ2n) is 3.58. The van der Waals surface area contributed by atoms with Gasteiger partial charge in [-0.2, -0.15) is 22.0 Å². The average molecular weight is 289 g/mol. The molecule has 3 nitrogen and oxygen atoms in total. The number of hydrogen-bond donors (Lipinski definition) is 1. The van der Waals surface area contributed by atoms with Crippen LogP contribution in [0, 0.1) is 0 Å². The molecule has 0 spiro atoms. The molecule has 0 atom stereocenters. The van der Waals surface area contributed by atoms with Crippen molar-refractivity contribution in [3.63, 3.8) is 0 Å². The van der Waals surface area contributed by atoms with Crippen LogP contribution in [0.5, 0.6) is 0 Å². The molecule has 0 saturated heterocycles. The van der Waals surface area contributed by atoms with Gasteiger partial charge in [0.05, 0.1) is 5.75 Å². The predicted molar refractivity (Wildman–Crippen MR) is 53.2 cm³/mol. The van der Waals surface area contributed by atoms with Crippen LogP contribution in [-0.2, 0) is 21.7 Å². The van der Waals surface area contributed by atoms with E-state index in [9.17, 15) is 30.4 Å². The zero-order valence-electron chi connectivity index (χ0n) is 8.71. The molecule has 0 heterocycles. The molecule has 0 aliphatic carbocycles. The van der Waals surface area contributed by atoms with Gasteiger partial charge in [0.1, 0.15) is 0 Å². The van der Waals surface area contributed by atoms with E-state index >= 15 is 0 Å². The lowest BCUT2D eigenvalue weighted by Gasteiger charge is -2.20. The highest BCUT2D eigenvalue weighted by Gasteiger charge is 2.58. The van der Waals surface area contributed by atoms with Gasteiger partial charge < -0.3 is 0 Å². The van der Waals surface area contributed by atoms with Crippen LogP contribution in [0.1, 0.15) is 11.1 Å². The summed E-state index contributed by atoms with van der Waals surface area (Å²) in [5.74, 6) is -5.85. The van der Waals surface area contributed by atoms with E-state index in [-0.39, 0.29) is 5.56 Å². The van der Waals surface area contributed by atoms with E-state index in [1.54, 1.807) is 0 Å². The topological polar surface area (TPSA) is 60.2 Å². The smallest absolute Gasteiger partial charge is 0.228 e. The van der Waals surface area contributed by atoms with Crippen molar-refractivity contribution in [3.8, 4) is 0 Å². The Kier molecular flexibility index (Phi) is 3.68. The van der Waals surface area contributed by atoms with Crippen molar-refractivity contribution in [2.75, 3.05) is 0 Å². The molecule has 102 valence electrons. The zero-order chi connectivity index (χ0) is 14.2. The molecule has 1 aromatic carbocycles. The lowest BCUT2D eigenvalue weighted by molar-refractivity contribution is -0.289. The fraction of sp³-hybridized carbons (Fsp3) is 0.333. The van der Waals surface area contributed by atoms with Gasteiger partial charge in [0.2, 0.25) is 10.0 Å². The van der Waals surface area contributed by atoms with E-state index in [0.717, 1.165) is 12.1 Å². The second kappa shape index (κ2) is 4.47. The number of sulfonamides is 1. The highest BCUT2D eigenvalue weighted by atomic mass is 32.2. The monoisotopic (exact) mass is 289 g/mol. The second-order valence-corrected chi connectivity index (χ2v) is 5.19. The van der Waals surface area contributed by atoms with E-state index in [1.165, 1.54) is 0 Å². The molecule has 2 N–H and O–H groups in total. The molecule has 0 aliphatic rings. The molecular weight excluding hydrogens is 281 g/mol. The molecular formula is C9H8F5NO2S. The van der Waals surface area contributed by atoms with Crippen LogP contribution in [0.4, 0.5) is 22.0 Å². The van der Waals surface area contributed by atoms with Gasteiger partial charge in [0.25, 0.3) is 0 Å². The molecule has 18 heavy (non-hydrogen) atoms. The third kappa shape index (κ3) is 3.39. The first kappa shape index (κ1) is 14.8. The van der Waals surface area contributed by atoms with Crippen LogP contribution in [0.3, 0.4) is 0 Å². The maximum absolute atomic E-state index is 13.0. The lowest BCUT2D eigenvalue weighted by Crippen LogP contribution is -2.33. The molecule has 1 rings (SSSR count). The summed E-state index contributed by atoms with van der Waals surface area (Å²) in [4.78, 5) is 0. The fourth-order valence-corrected chi connectivity index (χ4v) is 1.90. The Morgan fingerprint density at radius 2 is 1.67 bits per heavy atom. The van der Waals surface area contributed by atoms with Gasteiger partial charge in [-0.1, -0.05) is 18.2 Å². The van der Waals surface area contributed by atoms with Crippen LogP contribution in [0.2, 0.25) is 0 Å². The van der Waals surface area contributed by atoms with Crippen LogP contribution < -0.4 is 5.14 Å². The van der Waals surface area contributed by atoms with Gasteiger partial charge in [0, 0.05) is 5.56 Å². The van der Waals surface area contributed by atoms with Crippen molar-refractivity contribution in [2.45, 2.75) is 17.9 Å². The Morgan fingerprint density at radius 1 is 1.11 bits per heavy atom. The lowest BCUT2D eigenvalue weighted by atomic mass is 10.1. The summed E-state index contributed by atoms with van der Waals surface area (Å²) in [6.07, 6.45) is -5.74. The minimum atomic E-state index is -5.74. The van der Waals surface area contributed by atoms with Crippen molar-refractivity contribution in [2.24, 2.45) is 5.14 Å². The van der Waals surface area contributed by atoms with Gasteiger partial charge in [-0.25, -0.2) is 13.6 Å². The zero-order valence-corrected chi connectivity index (χ0v) is 9.52. The molecule has 0 fully saturated rings. The summed E-state index contributed by atoms with van der Waals surface area (Å²) in [6, 6.07) is 3.05. The molecule has 0 unspecified atom stereocenters. The minimum absolute atomic E-state index is 0.237. The summed E-state index contributed by atoms with van der Waals surface area (Å²) in [5.41, 5.74) is -1.56. The minimum Gasteiger partial charge on any atom is -0.228 e. The standard InChI is InChI=1S/C9H8F5NO2S/c10-8(11,9(12,13)14)7-3-1-2-6(4-7)5-18(15,16)17/h1-4H,5H2,(H2,15,16,17). The molecule has 0 amide bonds. The van der Waals surface area contributed by atoms with E-state index in [1.807, 2.05) is 0 Å². The van der Waals surface area contributed by atoms with Gasteiger partial charge in [-0.05, 0) is 11.6 Å². The third-order valence-corrected chi connectivity index (χ3v) is 2.75. The normalized spacial score (nSPS) is 13.7. The van der Waals surface area contributed by atoms with Crippen molar-refractivity contribution in [3.05, 3.63) is 35.4 Å². The SMILES string of the molecule is NS(=O)(=O)Cc1cccc(C(F)(F)C(F)(F)F)c1. The number of alkyl halides is 5. The first-order valence-electron chi connectivity index (χ1n) is 4.48. The summed E-state index contributed by atoms with van der Waals surface area (Å²) < 4.78 is 83.7. The largest absolute Gasteiger partial charge is 0.458 e. The van der Waals surface area contributed by atoms with Crippen LogP contribution in [-0.4, -0.2) is 14.6 Å². The van der Waals surface area contributed by atoms with Crippen molar-refractivity contribution in [1.29, 1.82) is 0 Å². The Morgan fingerprint density at radius 3 is 2.11 bits per heavy atom. The van der Waals surface area contributed by atoms with Gasteiger partial charge >= 0.3 is 12.1 Å². The number of hydrogen-bond acceptors (Lipinski definition) is 2. The average Bonchev–Trinajstić information content (AvgIpc) is 2.13. The van der Waals surface area contributed by atoms with E-state index in [4.69, 9.17) is 0 Å². The molecule has 1 aromatic rings. The maximum atomic E-state index is 13.0. The van der Waals surface area contributed by atoms with Crippen molar-refractivity contribution < 1.29 is 30.4 Å². The van der Waals surface area contributed by atoms with E-state index < -0.39 is 33.4 Å². The number of rotatable bonds is 3. The molecule has 0 radical (unpaired) electrons. The summed E-state index contributed by atoms with van der Waals surface area (Å²) >= 11 is 0. The maximum Gasteiger partial charge on any atom is 0.458 e. The van der Waals surface area contributed by atoms with Crippen LogP contribution >= 0.6 is 0 Å². The van der Waals surface area contributed by atoms with Gasteiger partial charge in [-0.3, -0.25) is 0 Å². The van der Waals surface area contributed by atoms with Crippen molar-refractivity contribution >= 4 is 10.0 Å². The summed E-state index contributed by atoms with van der Waals surface area (Å²) in [5, 5.41) is 4.67. The Bertz CT molecular complexity index is 538. The highest BCUT2D eigenvalue weighted by Crippen LogP contribution is 2.43. The fourth-order valence-electron chi connectivity index (χ4n) is 1.25. The number of nitrogens with two attached hydrogens (primary N) is 1. The molecule has 9 heteroatoms. The van der Waals surface area contributed by atoms with Crippen LogP contribution in [0.25, 0.3) is 0 Å². The molecule has 0 saturated carbocycles. The first-order chi connectivity index (χ1) is 7.93. The summed E-state index contributed by atoms with van der Waals surface area (Å²) in [7, 11) is -4.00. The molecule has 0 aliphatic heterocycles. The first-order valence-corrected chi connectivity index (χ1v) is 6.19. The summed E-state index contributed by atoms with van der Waals surface area (Å²) in [6.45, 7) is 0. The molecule has 0 aromatic heterocycles. The predicted octanol–water partition coefficient (Wildman–Crippen LogP) is 2.13. The highest BCUT2D eigenvalue weighted by molar-refractivity contribution is 7.88. The van der Waals surface area contributed by atoms with E-state index in [2.05, 4.69) is 5.14 Å². The number of halogens is 5. The quantitative estimate of drug-likeness (QED) is 0.866. The van der Waals surface area contributed by atoms with Gasteiger partial charge in [0.15, 0.2) is 0 Å². The van der Waals surface area contributed by atoms with Gasteiger partial charge in [-0.15, -0.1) is 0 Å². The van der Waals surface area contributed by atoms with E-state index in [0.29, 0.717) is 12.1 Å².